The number of nitrogens with zero attached hydrogens (tertiary/aromatic N) is 4. The molecule has 0 aliphatic carbocycles. The van der Waals surface area contributed by atoms with Gasteiger partial charge in [0, 0.05) is 0 Å². The van der Waals surface area contributed by atoms with Gasteiger partial charge in [-0.25, -0.2) is 13.5 Å². The Hall–Kier alpha value is -1.11. The van der Waals surface area contributed by atoms with Crippen LogP contribution in [-0.4, -0.2) is 33.7 Å². The summed E-state index contributed by atoms with van der Waals surface area (Å²) in [7, 11) is 1.70. The summed E-state index contributed by atoms with van der Waals surface area (Å²) in [5, 5.41) is 13.0. The monoisotopic (exact) mass is 177 g/mol. The first-order chi connectivity index (χ1) is 5.74. The fraction of sp³-hybridized carbons (Fsp3) is 0.800. The summed E-state index contributed by atoms with van der Waals surface area (Å²) in [5.74, 6) is 0.415. The lowest BCUT2D eigenvalue weighted by atomic mass is 10.5. The Kier molecular flexibility index (Phi) is 3.03. The molecule has 1 rings (SSSR count). The molecule has 0 aromatic carbocycles. The van der Waals surface area contributed by atoms with Crippen LogP contribution in [0.3, 0.4) is 0 Å². The molecule has 0 atom stereocenters. The lowest BCUT2D eigenvalue weighted by molar-refractivity contribution is 0.119. The van der Waals surface area contributed by atoms with E-state index in [1.165, 1.54) is 0 Å². The highest BCUT2D eigenvalue weighted by Crippen LogP contribution is 1.98. The van der Waals surface area contributed by atoms with Gasteiger partial charge in [-0.15, -0.1) is 5.10 Å². The lowest BCUT2D eigenvalue weighted by Crippen LogP contribution is -2.16. The second-order valence-electron chi connectivity index (χ2n) is 2.20. The van der Waals surface area contributed by atoms with Crippen LogP contribution < -0.4 is 5.32 Å². The number of aromatic nitrogens is 4. The molecule has 0 aliphatic rings. The minimum absolute atomic E-state index is 0.389. The highest BCUT2D eigenvalue weighted by Gasteiger charge is 2.09. The van der Waals surface area contributed by atoms with Gasteiger partial charge in [-0.3, -0.25) is 0 Å². The molecular formula is C5H9F2N5. The van der Waals surface area contributed by atoms with Gasteiger partial charge in [-0.1, -0.05) is 0 Å². The van der Waals surface area contributed by atoms with Crippen molar-refractivity contribution in [3.05, 3.63) is 5.82 Å². The maximum Gasteiger partial charge on any atom is 0.258 e. The Morgan fingerprint density at radius 3 is 2.92 bits per heavy atom. The Labute approximate surface area is 67.8 Å². The van der Waals surface area contributed by atoms with Gasteiger partial charge in [0.2, 0.25) is 0 Å². The van der Waals surface area contributed by atoms with Crippen LogP contribution in [0.1, 0.15) is 5.82 Å². The van der Waals surface area contributed by atoms with Crippen molar-refractivity contribution in [2.45, 2.75) is 19.5 Å². The third-order valence-corrected chi connectivity index (χ3v) is 1.25. The normalized spacial score (nSPS) is 11.0. The zero-order valence-electron chi connectivity index (χ0n) is 6.54. The van der Waals surface area contributed by atoms with Gasteiger partial charge in [0.05, 0.1) is 6.54 Å². The largest absolute Gasteiger partial charge is 0.313 e. The maximum atomic E-state index is 11.9. The molecule has 0 saturated heterocycles. The van der Waals surface area contributed by atoms with Crippen LogP contribution in [0, 0.1) is 0 Å². The van der Waals surface area contributed by atoms with E-state index >= 15 is 0 Å². The highest BCUT2D eigenvalue weighted by molar-refractivity contribution is 4.78. The molecule has 0 fully saturated rings. The first-order valence-corrected chi connectivity index (χ1v) is 3.42. The summed E-state index contributed by atoms with van der Waals surface area (Å²) in [6.07, 6.45) is -2.43. The van der Waals surface area contributed by atoms with Crippen molar-refractivity contribution in [1.82, 2.24) is 25.5 Å². The minimum atomic E-state index is -2.43. The molecule has 1 aromatic rings. The molecule has 0 amide bonds. The average molecular weight is 177 g/mol. The van der Waals surface area contributed by atoms with E-state index in [0.29, 0.717) is 12.4 Å². The number of alkyl halides is 2. The SMILES string of the molecule is CNCc1nnnn1CC(F)F. The van der Waals surface area contributed by atoms with E-state index in [9.17, 15) is 8.78 Å². The van der Waals surface area contributed by atoms with E-state index in [1.807, 2.05) is 0 Å². The number of halogens is 2. The highest BCUT2D eigenvalue weighted by atomic mass is 19.3. The quantitative estimate of drug-likeness (QED) is 0.683. The van der Waals surface area contributed by atoms with Crippen molar-refractivity contribution >= 4 is 0 Å². The van der Waals surface area contributed by atoms with E-state index in [-0.39, 0.29) is 0 Å². The zero-order chi connectivity index (χ0) is 8.97. The number of hydrogen-bond donors (Lipinski definition) is 1. The zero-order valence-corrected chi connectivity index (χ0v) is 6.54. The molecular weight excluding hydrogens is 168 g/mol. The number of nitrogens with one attached hydrogen (secondary N) is 1. The van der Waals surface area contributed by atoms with E-state index in [2.05, 4.69) is 20.8 Å². The summed E-state index contributed by atoms with van der Waals surface area (Å²) in [5.41, 5.74) is 0. The molecule has 5 nitrogen and oxygen atoms in total. The molecule has 0 bridgehead atoms. The van der Waals surface area contributed by atoms with Crippen molar-refractivity contribution in [2.24, 2.45) is 0 Å². The molecule has 1 aromatic heterocycles. The standard InChI is InChI=1S/C5H9F2N5/c1-8-2-5-9-10-11-12(5)3-4(6)7/h4,8H,2-3H2,1H3. The second kappa shape index (κ2) is 4.05. The van der Waals surface area contributed by atoms with Gasteiger partial charge in [-0.05, 0) is 17.5 Å². The van der Waals surface area contributed by atoms with Crippen molar-refractivity contribution in [1.29, 1.82) is 0 Å². The van der Waals surface area contributed by atoms with E-state index in [4.69, 9.17) is 0 Å². The summed E-state index contributed by atoms with van der Waals surface area (Å²) in [6.45, 7) is -0.0657. The van der Waals surface area contributed by atoms with Gasteiger partial charge in [0.1, 0.15) is 6.54 Å². The van der Waals surface area contributed by atoms with Gasteiger partial charge < -0.3 is 5.32 Å². The van der Waals surface area contributed by atoms with Gasteiger partial charge in [0.15, 0.2) is 5.82 Å². The van der Waals surface area contributed by atoms with Crippen LogP contribution in [-0.2, 0) is 13.1 Å². The topological polar surface area (TPSA) is 55.6 Å². The van der Waals surface area contributed by atoms with E-state index in [1.54, 1.807) is 7.05 Å². The molecule has 12 heavy (non-hydrogen) atoms. The minimum Gasteiger partial charge on any atom is -0.313 e. The second-order valence-corrected chi connectivity index (χ2v) is 2.20. The van der Waals surface area contributed by atoms with Crippen molar-refractivity contribution in [3.63, 3.8) is 0 Å². The van der Waals surface area contributed by atoms with Crippen LogP contribution in [0.15, 0.2) is 0 Å². The molecule has 0 aliphatic heterocycles. The molecule has 0 unspecified atom stereocenters. The van der Waals surface area contributed by atoms with Gasteiger partial charge in [0.25, 0.3) is 6.43 Å². The third-order valence-electron chi connectivity index (χ3n) is 1.25. The third kappa shape index (κ3) is 2.19. The predicted molar refractivity (Wildman–Crippen MR) is 36.6 cm³/mol. The molecule has 68 valence electrons. The number of rotatable bonds is 4. The van der Waals surface area contributed by atoms with Crippen LogP contribution >= 0.6 is 0 Å². The van der Waals surface area contributed by atoms with Crippen molar-refractivity contribution in [3.8, 4) is 0 Å². The average Bonchev–Trinajstić information content (AvgIpc) is 2.37. The van der Waals surface area contributed by atoms with Crippen molar-refractivity contribution in [2.75, 3.05) is 7.05 Å². The first kappa shape index (κ1) is 8.98. The molecule has 7 heteroatoms. The lowest BCUT2D eigenvalue weighted by Gasteiger charge is -2.01. The Morgan fingerprint density at radius 1 is 1.58 bits per heavy atom. The fourth-order valence-corrected chi connectivity index (χ4v) is 0.780. The first-order valence-electron chi connectivity index (χ1n) is 3.42. The van der Waals surface area contributed by atoms with E-state index < -0.39 is 13.0 Å². The Balaban J connectivity index is 2.63. The molecule has 1 heterocycles. The predicted octanol–water partition coefficient (Wildman–Crippen LogP) is -0.342. The molecule has 1 N–H and O–H groups in total. The summed E-state index contributed by atoms with van der Waals surface area (Å²) in [4.78, 5) is 0. The van der Waals surface area contributed by atoms with Crippen LogP contribution in [0.4, 0.5) is 8.78 Å². The number of hydrogen-bond acceptors (Lipinski definition) is 4. The van der Waals surface area contributed by atoms with Crippen LogP contribution in [0.2, 0.25) is 0 Å². The van der Waals surface area contributed by atoms with Gasteiger partial charge >= 0.3 is 0 Å². The molecule has 0 radical (unpaired) electrons. The molecule has 0 saturated carbocycles. The smallest absolute Gasteiger partial charge is 0.258 e. The van der Waals surface area contributed by atoms with Crippen molar-refractivity contribution < 1.29 is 8.78 Å². The summed E-state index contributed by atoms with van der Waals surface area (Å²) >= 11 is 0. The van der Waals surface area contributed by atoms with Crippen LogP contribution in [0.25, 0.3) is 0 Å². The van der Waals surface area contributed by atoms with Crippen LogP contribution in [0.5, 0.6) is 0 Å². The molecule has 0 spiro atoms. The summed E-state index contributed by atoms with van der Waals surface area (Å²) in [6, 6.07) is 0. The summed E-state index contributed by atoms with van der Waals surface area (Å²) < 4.78 is 24.8. The number of tetrazole rings is 1. The van der Waals surface area contributed by atoms with E-state index in [0.717, 1.165) is 4.68 Å². The van der Waals surface area contributed by atoms with Gasteiger partial charge in [-0.2, -0.15) is 0 Å². The maximum absolute atomic E-state index is 11.9. The Bertz CT molecular complexity index is 235. The Morgan fingerprint density at radius 2 is 2.33 bits per heavy atom. The fourth-order valence-electron chi connectivity index (χ4n) is 0.780.